The summed E-state index contributed by atoms with van der Waals surface area (Å²) < 4.78 is 35.3. The number of anilines is 1. The minimum atomic E-state index is -1.12. The third-order valence-electron chi connectivity index (χ3n) is 5.88. The van der Waals surface area contributed by atoms with Crippen LogP contribution in [0, 0.1) is 11.2 Å². The maximum absolute atomic E-state index is 14.2. The first-order chi connectivity index (χ1) is 13.5. The maximum atomic E-state index is 14.2. The van der Waals surface area contributed by atoms with E-state index in [1.807, 2.05) is 11.9 Å². The number of fused-ring (bicyclic) bond motifs is 1. The van der Waals surface area contributed by atoms with Gasteiger partial charge in [-0.2, -0.15) is 10.6 Å². The summed E-state index contributed by atoms with van der Waals surface area (Å²) in [5.74, 6) is 1.11. The second-order valence-electron chi connectivity index (χ2n) is 7.52. The van der Waals surface area contributed by atoms with E-state index in [0.717, 1.165) is 51.3 Å². The van der Waals surface area contributed by atoms with Crippen LogP contribution in [0.1, 0.15) is 26.2 Å². The molecule has 2 saturated heterocycles. The fraction of sp³-hybridized carbons (Fsp3) is 0.579. The zero-order chi connectivity index (χ0) is 19.7. The molecule has 2 fully saturated rings. The lowest BCUT2D eigenvalue weighted by molar-refractivity contribution is 0.213. The Kier molecular flexibility index (Phi) is 5.37. The highest BCUT2D eigenvalue weighted by atomic mass is 32.2. The van der Waals surface area contributed by atoms with Gasteiger partial charge in [0, 0.05) is 37.6 Å². The lowest BCUT2D eigenvalue weighted by Gasteiger charge is -2.40. The van der Waals surface area contributed by atoms with Crippen LogP contribution in [0.4, 0.5) is 10.2 Å². The molecule has 0 atom stereocenters. The zero-order valence-corrected chi connectivity index (χ0v) is 17.0. The molecule has 2 aromatic rings. The molecule has 0 aliphatic carbocycles. The predicted octanol–water partition coefficient (Wildman–Crippen LogP) is 3.15. The van der Waals surface area contributed by atoms with Crippen molar-refractivity contribution in [1.29, 1.82) is 0 Å². The van der Waals surface area contributed by atoms with Crippen molar-refractivity contribution in [2.75, 3.05) is 43.9 Å². The number of piperidine rings is 1. The van der Waals surface area contributed by atoms with Crippen molar-refractivity contribution < 1.29 is 13.3 Å². The molecule has 3 heterocycles. The van der Waals surface area contributed by atoms with Gasteiger partial charge in [0.1, 0.15) is 12.1 Å². The summed E-state index contributed by atoms with van der Waals surface area (Å²) in [5.41, 5.74) is 0.895. The van der Waals surface area contributed by atoms with Gasteiger partial charge in [-0.05, 0) is 30.7 Å². The maximum Gasteiger partial charge on any atom is 0.165 e. The molecule has 0 N–H and O–H groups in total. The molecule has 0 bridgehead atoms. The summed E-state index contributed by atoms with van der Waals surface area (Å²) in [6.07, 6.45) is 4.63. The molecule has 28 heavy (non-hydrogen) atoms. The van der Waals surface area contributed by atoms with Crippen LogP contribution in [-0.4, -0.2) is 54.0 Å². The van der Waals surface area contributed by atoms with Gasteiger partial charge in [0.05, 0.1) is 12.6 Å². The second-order valence-corrected chi connectivity index (χ2v) is 8.90. The molecule has 7 nitrogen and oxygen atoms in total. The lowest BCUT2D eigenvalue weighted by atomic mass is 9.78. The van der Waals surface area contributed by atoms with Crippen LogP contribution in [0.3, 0.4) is 0 Å². The highest BCUT2D eigenvalue weighted by Gasteiger charge is 2.40. The summed E-state index contributed by atoms with van der Waals surface area (Å²) in [5, 5.41) is 2.69. The number of methoxy groups -OCH3 is 1. The van der Waals surface area contributed by atoms with Gasteiger partial charge in [0.25, 0.3) is 0 Å². The number of ether oxygens (including phenoxy) is 1. The minimum absolute atomic E-state index is 0.189. The van der Waals surface area contributed by atoms with Crippen LogP contribution < -0.4 is 9.64 Å². The molecular weight excluding hydrogens is 381 g/mol. The molecule has 2 aliphatic heterocycles. The van der Waals surface area contributed by atoms with Crippen molar-refractivity contribution in [2.45, 2.75) is 26.2 Å². The molecule has 0 radical (unpaired) electrons. The summed E-state index contributed by atoms with van der Waals surface area (Å²) in [6, 6.07) is 3.08. The van der Waals surface area contributed by atoms with E-state index in [-0.39, 0.29) is 11.2 Å². The average molecular weight is 407 g/mol. The fourth-order valence-corrected chi connectivity index (χ4v) is 4.73. The highest BCUT2D eigenvalue weighted by molar-refractivity contribution is 7.74. The van der Waals surface area contributed by atoms with E-state index in [4.69, 9.17) is 4.74 Å². The Morgan fingerprint density at radius 1 is 1.25 bits per heavy atom. The molecule has 9 heteroatoms. The van der Waals surface area contributed by atoms with Gasteiger partial charge in [0.15, 0.2) is 11.6 Å². The summed E-state index contributed by atoms with van der Waals surface area (Å²) in [6.45, 7) is 5.32. The second kappa shape index (κ2) is 7.79. The topological polar surface area (TPSA) is 70.9 Å². The van der Waals surface area contributed by atoms with Gasteiger partial charge in [0.2, 0.25) is 0 Å². The molecule has 1 spiro atoms. The standard InChI is InChI=1S/C19H25FN5O2S/c1-3-28(26)23-25-9-6-19(12-25)4-7-24(8-5-19)18-14-10-15(20)17(27-2)11-16(14)21-13-22-18/h10-11,13H,3-9,12H2,1-2H3/q-1. The summed E-state index contributed by atoms with van der Waals surface area (Å²) in [7, 11) is 0.330. The van der Waals surface area contributed by atoms with Crippen molar-refractivity contribution in [2.24, 2.45) is 9.89 Å². The molecule has 0 amide bonds. The first-order valence-corrected chi connectivity index (χ1v) is 10.9. The number of benzene rings is 1. The van der Waals surface area contributed by atoms with Crippen molar-refractivity contribution in [3.63, 3.8) is 0 Å². The fourth-order valence-electron chi connectivity index (χ4n) is 4.22. The Balaban J connectivity index is 1.52. The van der Waals surface area contributed by atoms with Gasteiger partial charge in [-0.25, -0.2) is 19.4 Å². The predicted molar refractivity (Wildman–Crippen MR) is 107 cm³/mol. The number of halogens is 1. The number of aromatic nitrogens is 2. The van der Waals surface area contributed by atoms with Gasteiger partial charge in [-0.1, -0.05) is 12.7 Å². The smallest absolute Gasteiger partial charge is 0.165 e. The van der Waals surface area contributed by atoms with Crippen LogP contribution in [-0.2, 0) is 14.8 Å². The molecular formula is C19H25FN5O2S-. The molecule has 4 rings (SSSR count). The Bertz CT molecular complexity index is 955. The SMILES string of the molecule is CC[S-](=O)=NN1CCC2(CCN(c3ncnc4cc(OC)c(F)cc34)CC2)C1. The average Bonchev–Trinajstić information content (AvgIpc) is 3.09. The Hall–Kier alpha value is -2.00. The van der Waals surface area contributed by atoms with E-state index >= 15 is 0 Å². The van der Waals surface area contributed by atoms with Gasteiger partial charge >= 0.3 is 0 Å². The Morgan fingerprint density at radius 3 is 2.71 bits per heavy atom. The minimum Gasteiger partial charge on any atom is -0.494 e. The largest absolute Gasteiger partial charge is 0.494 e. The Morgan fingerprint density at radius 2 is 2.00 bits per heavy atom. The third kappa shape index (κ3) is 3.65. The van der Waals surface area contributed by atoms with E-state index in [1.54, 1.807) is 6.07 Å². The molecule has 0 unspecified atom stereocenters. The van der Waals surface area contributed by atoms with Crippen LogP contribution in [0.2, 0.25) is 0 Å². The van der Waals surface area contributed by atoms with Crippen LogP contribution in [0.5, 0.6) is 5.75 Å². The van der Waals surface area contributed by atoms with Crippen molar-refractivity contribution in [3.05, 3.63) is 24.3 Å². The number of nitrogens with zero attached hydrogens (tertiary/aromatic N) is 5. The first-order valence-electron chi connectivity index (χ1n) is 9.62. The molecule has 152 valence electrons. The van der Waals surface area contributed by atoms with E-state index < -0.39 is 16.4 Å². The summed E-state index contributed by atoms with van der Waals surface area (Å²) >= 11 is 0. The van der Waals surface area contributed by atoms with Crippen LogP contribution >= 0.6 is 0 Å². The normalized spacial score (nSPS) is 20.9. The quantitative estimate of drug-likeness (QED) is 0.727. The number of rotatable bonds is 4. The first kappa shape index (κ1) is 19.3. The van der Waals surface area contributed by atoms with E-state index in [1.165, 1.54) is 19.5 Å². The van der Waals surface area contributed by atoms with Crippen molar-refractivity contribution >= 4 is 27.3 Å². The van der Waals surface area contributed by atoms with Crippen LogP contribution in [0.15, 0.2) is 22.9 Å². The monoisotopic (exact) mass is 406 g/mol. The third-order valence-corrected chi connectivity index (χ3v) is 6.79. The Labute approximate surface area is 166 Å². The van der Waals surface area contributed by atoms with E-state index in [9.17, 15) is 8.60 Å². The lowest BCUT2D eigenvalue weighted by Crippen LogP contribution is -2.41. The molecule has 1 aromatic heterocycles. The number of hydrogen-bond donors (Lipinski definition) is 0. The zero-order valence-electron chi connectivity index (χ0n) is 16.2. The highest BCUT2D eigenvalue weighted by Crippen LogP contribution is 2.42. The van der Waals surface area contributed by atoms with E-state index in [0.29, 0.717) is 16.7 Å². The molecule has 0 saturated carbocycles. The van der Waals surface area contributed by atoms with Crippen molar-refractivity contribution in [3.8, 4) is 5.75 Å². The molecule has 2 aliphatic rings. The van der Waals surface area contributed by atoms with E-state index in [2.05, 4.69) is 19.3 Å². The van der Waals surface area contributed by atoms with Gasteiger partial charge in [-0.15, -0.1) is 0 Å². The van der Waals surface area contributed by atoms with Crippen LogP contribution in [0.25, 0.3) is 10.9 Å². The summed E-state index contributed by atoms with van der Waals surface area (Å²) in [4.78, 5) is 10.9. The van der Waals surface area contributed by atoms with Gasteiger partial charge < -0.3 is 18.3 Å². The number of hydrogen-bond acceptors (Lipinski definition) is 7. The van der Waals surface area contributed by atoms with Gasteiger partial charge in [-0.3, -0.25) is 0 Å². The van der Waals surface area contributed by atoms with Crippen molar-refractivity contribution in [1.82, 2.24) is 15.0 Å². The molecule has 1 aromatic carbocycles.